The van der Waals surface area contributed by atoms with Crippen molar-refractivity contribution in [1.82, 2.24) is 15.5 Å². The summed E-state index contributed by atoms with van der Waals surface area (Å²) in [5.41, 5.74) is 1.07. The summed E-state index contributed by atoms with van der Waals surface area (Å²) in [6.07, 6.45) is 3.56. The summed E-state index contributed by atoms with van der Waals surface area (Å²) < 4.78 is 5.53. The molecule has 24 heavy (non-hydrogen) atoms. The lowest BCUT2D eigenvalue weighted by atomic mass is 10.2. The Morgan fingerprint density at radius 3 is 2.71 bits per heavy atom. The molecule has 0 aliphatic rings. The van der Waals surface area contributed by atoms with E-state index in [1.807, 2.05) is 24.3 Å². The van der Waals surface area contributed by atoms with E-state index in [-0.39, 0.29) is 12.5 Å². The van der Waals surface area contributed by atoms with Crippen molar-refractivity contribution < 1.29 is 9.53 Å². The first-order valence-corrected chi connectivity index (χ1v) is 8.43. The summed E-state index contributed by atoms with van der Waals surface area (Å²) in [5, 5.41) is 6.58. The number of amides is 1. The topological polar surface area (TPSA) is 66.0 Å². The molecule has 0 spiro atoms. The number of hydrogen-bond acceptors (Lipinski definition) is 3. The van der Waals surface area contributed by atoms with Crippen LogP contribution in [0.5, 0.6) is 5.75 Å². The Labute approximate surface area is 145 Å². The summed E-state index contributed by atoms with van der Waals surface area (Å²) in [4.78, 5) is 17.3. The Hall–Kier alpha value is -2.24. The number of benzene rings is 1. The van der Waals surface area contributed by atoms with Gasteiger partial charge in [0.1, 0.15) is 5.75 Å². The molecule has 2 N–H and O–H groups in total. The quantitative estimate of drug-likeness (QED) is 0.412. The minimum Gasteiger partial charge on any atom is -0.484 e. The van der Waals surface area contributed by atoms with Gasteiger partial charge in [0.05, 0.1) is 0 Å². The van der Waals surface area contributed by atoms with Crippen molar-refractivity contribution in [2.45, 2.75) is 32.7 Å². The molecule has 0 heterocycles. The van der Waals surface area contributed by atoms with Crippen LogP contribution in [0.15, 0.2) is 29.3 Å². The number of nitrogens with zero attached hydrogens (tertiary/aromatic N) is 2. The molecule has 0 aliphatic heterocycles. The maximum absolute atomic E-state index is 11.6. The second-order valence-corrected chi connectivity index (χ2v) is 5.78. The van der Waals surface area contributed by atoms with E-state index in [1.54, 1.807) is 21.1 Å². The number of carbonyl (C=O) groups excluding carboxylic acids is 1. The van der Waals surface area contributed by atoms with Gasteiger partial charge in [0.2, 0.25) is 0 Å². The highest BCUT2D eigenvalue weighted by Crippen LogP contribution is 2.13. The third kappa shape index (κ3) is 7.85. The summed E-state index contributed by atoms with van der Waals surface area (Å²) in [6.45, 7) is 3.80. The van der Waals surface area contributed by atoms with Crippen LogP contribution in [-0.4, -0.2) is 51.1 Å². The first kappa shape index (κ1) is 19.8. The normalized spacial score (nSPS) is 11.1. The molecule has 1 amide bonds. The van der Waals surface area contributed by atoms with Crippen LogP contribution in [0.4, 0.5) is 0 Å². The molecule has 6 nitrogen and oxygen atoms in total. The lowest BCUT2D eigenvalue weighted by molar-refractivity contribution is -0.130. The van der Waals surface area contributed by atoms with Crippen molar-refractivity contribution in [2.24, 2.45) is 4.99 Å². The number of ether oxygens (including phenoxy) is 1. The highest BCUT2D eigenvalue weighted by Gasteiger charge is 2.05. The van der Waals surface area contributed by atoms with E-state index in [9.17, 15) is 4.79 Å². The molecule has 134 valence electrons. The second kappa shape index (κ2) is 11.3. The first-order chi connectivity index (χ1) is 11.6. The molecule has 0 radical (unpaired) electrons. The maximum Gasteiger partial charge on any atom is 0.259 e. The van der Waals surface area contributed by atoms with Gasteiger partial charge in [-0.25, -0.2) is 0 Å². The van der Waals surface area contributed by atoms with Gasteiger partial charge in [-0.05, 0) is 24.1 Å². The number of carbonyl (C=O) groups is 1. The SMILES string of the molecule is CCCCCNC(=NC)NCc1cccc(OCC(=O)N(C)C)c1. The highest BCUT2D eigenvalue weighted by molar-refractivity contribution is 5.79. The third-order valence-corrected chi connectivity index (χ3v) is 3.52. The van der Waals surface area contributed by atoms with Gasteiger partial charge >= 0.3 is 0 Å². The van der Waals surface area contributed by atoms with Gasteiger partial charge in [-0.15, -0.1) is 0 Å². The molecule has 0 aromatic heterocycles. The van der Waals surface area contributed by atoms with Crippen LogP contribution < -0.4 is 15.4 Å². The van der Waals surface area contributed by atoms with Crippen molar-refractivity contribution in [2.75, 3.05) is 34.3 Å². The monoisotopic (exact) mass is 334 g/mol. The molecule has 1 aromatic rings. The van der Waals surface area contributed by atoms with E-state index >= 15 is 0 Å². The van der Waals surface area contributed by atoms with E-state index in [0.29, 0.717) is 12.3 Å². The molecule has 1 rings (SSSR count). The van der Waals surface area contributed by atoms with Gasteiger partial charge < -0.3 is 20.3 Å². The zero-order valence-electron chi connectivity index (χ0n) is 15.3. The molecule has 0 aliphatic carbocycles. The molecule has 0 atom stereocenters. The van der Waals surface area contributed by atoms with Gasteiger partial charge in [0, 0.05) is 34.2 Å². The molecule has 0 fully saturated rings. The Bertz CT molecular complexity index is 530. The van der Waals surface area contributed by atoms with E-state index in [2.05, 4.69) is 22.5 Å². The Kier molecular flexibility index (Phi) is 9.34. The molecule has 0 saturated heterocycles. The molecule has 1 aromatic carbocycles. The number of aliphatic imine (C=N–C) groups is 1. The summed E-state index contributed by atoms with van der Waals surface area (Å²) in [6, 6.07) is 7.71. The molecular formula is C18H30N4O2. The fourth-order valence-electron chi connectivity index (χ4n) is 2.01. The highest BCUT2D eigenvalue weighted by atomic mass is 16.5. The summed E-state index contributed by atoms with van der Waals surface area (Å²) >= 11 is 0. The van der Waals surface area contributed by atoms with Gasteiger partial charge in [0.15, 0.2) is 12.6 Å². The lowest BCUT2D eigenvalue weighted by Gasteiger charge is -2.13. The maximum atomic E-state index is 11.6. The first-order valence-electron chi connectivity index (χ1n) is 8.43. The van der Waals surface area contributed by atoms with E-state index < -0.39 is 0 Å². The Morgan fingerprint density at radius 2 is 2.04 bits per heavy atom. The molecule has 0 bridgehead atoms. The van der Waals surface area contributed by atoms with Gasteiger partial charge in [-0.3, -0.25) is 9.79 Å². The fourth-order valence-corrected chi connectivity index (χ4v) is 2.01. The van der Waals surface area contributed by atoms with E-state index in [1.165, 1.54) is 17.7 Å². The van der Waals surface area contributed by atoms with Crippen molar-refractivity contribution in [1.29, 1.82) is 0 Å². The fraction of sp³-hybridized carbons (Fsp3) is 0.556. The van der Waals surface area contributed by atoms with Crippen LogP contribution in [0.1, 0.15) is 31.7 Å². The number of hydrogen-bond donors (Lipinski definition) is 2. The van der Waals surface area contributed by atoms with Crippen LogP contribution in [0, 0.1) is 0 Å². The number of guanidine groups is 1. The number of unbranched alkanes of at least 4 members (excludes halogenated alkanes) is 2. The number of rotatable bonds is 9. The standard InChI is InChI=1S/C18H30N4O2/c1-5-6-7-11-20-18(19-2)21-13-15-9-8-10-16(12-15)24-14-17(23)22(3)4/h8-10,12H,5-7,11,13-14H2,1-4H3,(H2,19,20,21). The van der Waals surface area contributed by atoms with Crippen LogP contribution in [-0.2, 0) is 11.3 Å². The van der Waals surface area contributed by atoms with Gasteiger partial charge in [0.25, 0.3) is 5.91 Å². The van der Waals surface area contributed by atoms with Crippen LogP contribution in [0.2, 0.25) is 0 Å². The summed E-state index contributed by atoms with van der Waals surface area (Å²) in [7, 11) is 5.19. The van der Waals surface area contributed by atoms with E-state index in [0.717, 1.165) is 24.5 Å². The molecule has 0 saturated carbocycles. The Morgan fingerprint density at radius 1 is 1.25 bits per heavy atom. The van der Waals surface area contributed by atoms with Crippen LogP contribution in [0.25, 0.3) is 0 Å². The smallest absolute Gasteiger partial charge is 0.259 e. The number of likely N-dealkylation sites (N-methyl/N-ethyl adjacent to an activating group) is 1. The zero-order chi connectivity index (χ0) is 17.8. The minimum absolute atomic E-state index is 0.0462. The molecular weight excluding hydrogens is 304 g/mol. The molecule has 6 heteroatoms. The average molecular weight is 334 g/mol. The summed E-state index contributed by atoms with van der Waals surface area (Å²) in [5.74, 6) is 1.42. The zero-order valence-corrected chi connectivity index (χ0v) is 15.3. The predicted molar refractivity (Wildman–Crippen MR) is 98.4 cm³/mol. The van der Waals surface area contributed by atoms with Crippen LogP contribution in [0.3, 0.4) is 0 Å². The lowest BCUT2D eigenvalue weighted by Crippen LogP contribution is -2.37. The van der Waals surface area contributed by atoms with Crippen molar-refractivity contribution >= 4 is 11.9 Å². The van der Waals surface area contributed by atoms with Gasteiger partial charge in [-0.2, -0.15) is 0 Å². The average Bonchev–Trinajstić information content (AvgIpc) is 2.59. The van der Waals surface area contributed by atoms with E-state index in [4.69, 9.17) is 4.74 Å². The number of nitrogens with one attached hydrogen (secondary N) is 2. The minimum atomic E-state index is -0.0600. The van der Waals surface area contributed by atoms with Crippen molar-refractivity contribution in [3.63, 3.8) is 0 Å². The van der Waals surface area contributed by atoms with Crippen molar-refractivity contribution in [3.05, 3.63) is 29.8 Å². The molecule has 0 unspecified atom stereocenters. The van der Waals surface area contributed by atoms with Gasteiger partial charge in [-0.1, -0.05) is 31.9 Å². The largest absolute Gasteiger partial charge is 0.484 e. The van der Waals surface area contributed by atoms with Crippen molar-refractivity contribution in [3.8, 4) is 5.75 Å². The Balaban J connectivity index is 2.44. The van der Waals surface area contributed by atoms with Crippen LogP contribution >= 0.6 is 0 Å². The second-order valence-electron chi connectivity index (χ2n) is 5.78. The predicted octanol–water partition coefficient (Wildman–Crippen LogP) is 2.01. The third-order valence-electron chi connectivity index (χ3n) is 3.52.